The van der Waals surface area contributed by atoms with Gasteiger partial charge in [0.2, 0.25) is 5.91 Å². The summed E-state index contributed by atoms with van der Waals surface area (Å²) in [4.78, 5) is 14.9. The first-order valence-electron chi connectivity index (χ1n) is 8.02. The minimum atomic E-state index is 0.0372. The van der Waals surface area contributed by atoms with Gasteiger partial charge >= 0.3 is 0 Å². The Kier molecular flexibility index (Phi) is 4.08. The molecule has 0 aromatic heterocycles. The van der Waals surface area contributed by atoms with Gasteiger partial charge in [-0.2, -0.15) is 0 Å². The Morgan fingerprint density at radius 1 is 1.16 bits per heavy atom. The SMILES string of the molecule is CC1CCCNC1C(=O)NC1CCN(C2CC2)CC1. The van der Waals surface area contributed by atoms with Gasteiger partial charge in [0.05, 0.1) is 6.04 Å². The number of rotatable bonds is 3. The van der Waals surface area contributed by atoms with E-state index in [0.29, 0.717) is 12.0 Å². The summed E-state index contributed by atoms with van der Waals surface area (Å²) in [6.07, 6.45) is 7.41. The molecule has 0 aromatic rings. The lowest BCUT2D eigenvalue weighted by atomic mass is 9.91. The maximum atomic E-state index is 12.3. The first-order valence-corrected chi connectivity index (χ1v) is 8.02. The van der Waals surface area contributed by atoms with Crippen molar-refractivity contribution in [2.75, 3.05) is 19.6 Å². The Balaban J connectivity index is 1.44. The second-order valence-electron chi connectivity index (χ2n) is 6.60. The van der Waals surface area contributed by atoms with E-state index in [9.17, 15) is 4.79 Å². The van der Waals surface area contributed by atoms with Crippen LogP contribution in [-0.2, 0) is 4.79 Å². The monoisotopic (exact) mass is 265 g/mol. The molecule has 3 rings (SSSR count). The highest BCUT2D eigenvalue weighted by Crippen LogP contribution is 2.29. The Bertz CT molecular complexity index is 321. The van der Waals surface area contributed by atoms with Crippen LogP contribution >= 0.6 is 0 Å². The van der Waals surface area contributed by atoms with Crippen molar-refractivity contribution in [3.8, 4) is 0 Å². The van der Waals surface area contributed by atoms with Gasteiger partial charge in [0.15, 0.2) is 0 Å². The number of nitrogens with zero attached hydrogens (tertiary/aromatic N) is 1. The van der Waals surface area contributed by atoms with Crippen LogP contribution in [0.15, 0.2) is 0 Å². The van der Waals surface area contributed by atoms with Gasteiger partial charge in [-0.15, -0.1) is 0 Å². The zero-order valence-electron chi connectivity index (χ0n) is 12.0. The van der Waals surface area contributed by atoms with E-state index in [1.807, 2.05) is 0 Å². The number of amides is 1. The quantitative estimate of drug-likeness (QED) is 0.804. The van der Waals surface area contributed by atoms with Crippen molar-refractivity contribution in [1.82, 2.24) is 15.5 Å². The third-order valence-electron chi connectivity index (χ3n) is 4.99. The molecule has 1 aliphatic carbocycles. The molecule has 0 aromatic carbocycles. The Hall–Kier alpha value is -0.610. The maximum absolute atomic E-state index is 12.3. The Morgan fingerprint density at radius 2 is 1.89 bits per heavy atom. The number of carbonyl (C=O) groups excluding carboxylic acids is 1. The van der Waals surface area contributed by atoms with E-state index in [4.69, 9.17) is 0 Å². The lowest BCUT2D eigenvalue weighted by molar-refractivity contribution is -0.125. The van der Waals surface area contributed by atoms with Crippen LogP contribution in [0.2, 0.25) is 0 Å². The number of carbonyl (C=O) groups is 1. The van der Waals surface area contributed by atoms with Gasteiger partial charge in [-0.25, -0.2) is 0 Å². The Labute approximate surface area is 116 Å². The van der Waals surface area contributed by atoms with Crippen molar-refractivity contribution >= 4 is 5.91 Å². The largest absolute Gasteiger partial charge is 0.352 e. The molecule has 3 aliphatic rings. The van der Waals surface area contributed by atoms with Crippen LogP contribution in [0, 0.1) is 5.92 Å². The van der Waals surface area contributed by atoms with Crippen molar-refractivity contribution in [1.29, 1.82) is 0 Å². The summed E-state index contributed by atoms with van der Waals surface area (Å²) in [7, 11) is 0. The van der Waals surface area contributed by atoms with Gasteiger partial charge in [-0.05, 0) is 51.0 Å². The minimum absolute atomic E-state index is 0.0372. The fourth-order valence-corrected chi connectivity index (χ4v) is 3.54. The smallest absolute Gasteiger partial charge is 0.237 e. The van der Waals surface area contributed by atoms with E-state index in [1.165, 1.54) is 38.8 Å². The number of hydrogen-bond donors (Lipinski definition) is 2. The second kappa shape index (κ2) is 5.80. The molecule has 2 saturated heterocycles. The zero-order chi connectivity index (χ0) is 13.2. The molecule has 0 radical (unpaired) electrons. The highest BCUT2D eigenvalue weighted by Gasteiger charge is 2.33. The van der Waals surface area contributed by atoms with Crippen molar-refractivity contribution in [2.24, 2.45) is 5.92 Å². The second-order valence-corrected chi connectivity index (χ2v) is 6.60. The normalized spacial score (nSPS) is 34.2. The topological polar surface area (TPSA) is 44.4 Å². The van der Waals surface area contributed by atoms with E-state index in [1.54, 1.807) is 0 Å². The van der Waals surface area contributed by atoms with Crippen LogP contribution in [0.25, 0.3) is 0 Å². The molecule has 3 fully saturated rings. The molecule has 2 heterocycles. The molecule has 2 aliphatic heterocycles. The van der Waals surface area contributed by atoms with Crippen molar-refractivity contribution in [3.63, 3.8) is 0 Å². The lowest BCUT2D eigenvalue weighted by Gasteiger charge is -2.35. The summed E-state index contributed by atoms with van der Waals surface area (Å²) in [6, 6.07) is 1.31. The highest BCUT2D eigenvalue weighted by atomic mass is 16.2. The summed E-state index contributed by atoms with van der Waals surface area (Å²) in [5.41, 5.74) is 0. The summed E-state index contributed by atoms with van der Waals surface area (Å²) >= 11 is 0. The molecule has 0 bridgehead atoms. The molecule has 108 valence electrons. The molecule has 4 heteroatoms. The third-order valence-corrected chi connectivity index (χ3v) is 4.99. The summed E-state index contributed by atoms with van der Waals surface area (Å²) in [5.74, 6) is 0.706. The first kappa shape index (κ1) is 13.4. The summed E-state index contributed by atoms with van der Waals surface area (Å²) in [5, 5.41) is 6.64. The molecule has 1 saturated carbocycles. The van der Waals surface area contributed by atoms with Crippen molar-refractivity contribution < 1.29 is 4.79 Å². The lowest BCUT2D eigenvalue weighted by Crippen LogP contribution is -2.54. The molecule has 19 heavy (non-hydrogen) atoms. The highest BCUT2D eigenvalue weighted by molar-refractivity contribution is 5.82. The Morgan fingerprint density at radius 3 is 2.53 bits per heavy atom. The first-order chi connectivity index (χ1) is 9.24. The van der Waals surface area contributed by atoms with Crippen LogP contribution in [-0.4, -0.2) is 48.6 Å². The fourth-order valence-electron chi connectivity index (χ4n) is 3.54. The maximum Gasteiger partial charge on any atom is 0.237 e. The summed E-state index contributed by atoms with van der Waals surface area (Å²) in [6.45, 7) is 5.52. The van der Waals surface area contributed by atoms with Crippen molar-refractivity contribution in [3.05, 3.63) is 0 Å². The number of likely N-dealkylation sites (tertiary alicyclic amines) is 1. The van der Waals surface area contributed by atoms with Crippen LogP contribution in [0.4, 0.5) is 0 Å². The molecule has 1 amide bonds. The number of piperidine rings is 2. The van der Waals surface area contributed by atoms with Crippen LogP contribution < -0.4 is 10.6 Å². The molecule has 0 spiro atoms. The minimum Gasteiger partial charge on any atom is -0.352 e. The fraction of sp³-hybridized carbons (Fsp3) is 0.933. The van der Waals surface area contributed by atoms with Crippen LogP contribution in [0.5, 0.6) is 0 Å². The molecular weight excluding hydrogens is 238 g/mol. The molecule has 2 unspecified atom stereocenters. The van der Waals surface area contributed by atoms with E-state index in [-0.39, 0.29) is 11.9 Å². The van der Waals surface area contributed by atoms with E-state index in [2.05, 4.69) is 22.5 Å². The predicted molar refractivity (Wildman–Crippen MR) is 75.9 cm³/mol. The number of hydrogen-bond acceptors (Lipinski definition) is 3. The molecule has 2 atom stereocenters. The average Bonchev–Trinajstić information content (AvgIpc) is 3.24. The standard InChI is InChI=1S/C15H27N3O/c1-11-3-2-8-16-14(11)15(19)17-12-6-9-18(10-7-12)13-4-5-13/h11-14,16H,2-10H2,1H3,(H,17,19). The zero-order valence-corrected chi connectivity index (χ0v) is 12.0. The van der Waals surface area contributed by atoms with Gasteiger partial charge < -0.3 is 15.5 Å². The van der Waals surface area contributed by atoms with Gasteiger partial charge in [0.1, 0.15) is 0 Å². The van der Waals surface area contributed by atoms with Gasteiger partial charge in [0, 0.05) is 25.2 Å². The van der Waals surface area contributed by atoms with Crippen molar-refractivity contribution in [2.45, 2.75) is 63.6 Å². The van der Waals surface area contributed by atoms with Gasteiger partial charge in [0.25, 0.3) is 0 Å². The van der Waals surface area contributed by atoms with Gasteiger partial charge in [-0.3, -0.25) is 4.79 Å². The van der Waals surface area contributed by atoms with Crippen LogP contribution in [0.1, 0.15) is 45.4 Å². The van der Waals surface area contributed by atoms with Gasteiger partial charge in [-0.1, -0.05) is 6.92 Å². The number of nitrogens with one attached hydrogen (secondary N) is 2. The van der Waals surface area contributed by atoms with E-state index < -0.39 is 0 Å². The third kappa shape index (κ3) is 3.29. The molecular formula is C15H27N3O. The van der Waals surface area contributed by atoms with Crippen LogP contribution in [0.3, 0.4) is 0 Å². The predicted octanol–water partition coefficient (Wildman–Crippen LogP) is 1.12. The summed E-state index contributed by atoms with van der Waals surface area (Å²) < 4.78 is 0. The molecule has 4 nitrogen and oxygen atoms in total. The van der Waals surface area contributed by atoms with E-state index >= 15 is 0 Å². The van der Waals surface area contributed by atoms with E-state index in [0.717, 1.165) is 25.4 Å². The average molecular weight is 265 g/mol. The molecule has 2 N–H and O–H groups in total.